The van der Waals surface area contributed by atoms with Gasteiger partial charge < -0.3 is 15.8 Å². The fourth-order valence-electron chi connectivity index (χ4n) is 2.02. The largest absolute Gasteiger partial charge is 0.383 e. The van der Waals surface area contributed by atoms with Crippen LogP contribution in [0.15, 0.2) is 0 Å². The van der Waals surface area contributed by atoms with Gasteiger partial charge in [0.15, 0.2) is 0 Å². The molecular formula is C11H22N2O2. The number of hydrogen-bond acceptors (Lipinski definition) is 3. The summed E-state index contributed by atoms with van der Waals surface area (Å²) in [5, 5.41) is 2.85. The van der Waals surface area contributed by atoms with Gasteiger partial charge in [-0.15, -0.1) is 0 Å². The average molecular weight is 214 g/mol. The van der Waals surface area contributed by atoms with Crippen molar-refractivity contribution in [3.63, 3.8) is 0 Å². The molecule has 0 saturated heterocycles. The van der Waals surface area contributed by atoms with E-state index in [0.29, 0.717) is 31.5 Å². The molecule has 0 spiro atoms. The Morgan fingerprint density at radius 1 is 1.40 bits per heavy atom. The normalized spacial score (nSPS) is 26.3. The topological polar surface area (TPSA) is 64.3 Å². The maximum Gasteiger partial charge on any atom is 0.220 e. The number of hydrogen-bond donors (Lipinski definition) is 2. The molecule has 0 aromatic heterocycles. The molecule has 0 unspecified atom stereocenters. The van der Waals surface area contributed by atoms with E-state index in [4.69, 9.17) is 10.5 Å². The molecule has 0 aromatic carbocycles. The monoisotopic (exact) mass is 214 g/mol. The van der Waals surface area contributed by atoms with Crippen LogP contribution in [0.3, 0.4) is 0 Å². The van der Waals surface area contributed by atoms with Crippen molar-refractivity contribution in [1.29, 1.82) is 0 Å². The second kappa shape index (κ2) is 6.80. The zero-order valence-corrected chi connectivity index (χ0v) is 9.50. The molecule has 0 aliphatic heterocycles. The van der Waals surface area contributed by atoms with Crippen molar-refractivity contribution >= 4 is 5.91 Å². The number of nitrogens with one attached hydrogen (secondary N) is 1. The van der Waals surface area contributed by atoms with Gasteiger partial charge in [0.05, 0.1) is 6.61 Å². The lowest BCUT2D eigenvalue weighted by molar-refractivity contribution is -0.122. The lowest BCUT2D eigenvalue weighted by Gasteiger charge is -2.25. The molecule has 3 N–H and O–H groups in total. The second-order valence-corrected chi connectivity index (χ2v) is 4.33. The molecule has 1 fully saturated rings. The van der Waals surface area contributed by atoms with E-state index >= 15 is 0 Å². The highest BCUT2D eigenvalue weighted by Gasteiger charge is 2.20. The second-order valence-electron chi connectivity index (χ2n) is 4.33. The summed E-state index contributed by atoms with van der Waals surface area (Å²) in [5.74, 6) is 0.680. The molecule has 1 rings (SSSR count). The first-order valence-electron chi connectivity index (χ1n) is 5.73. The smallest absolute Gasteiger partial charge is 0.220 e. The van der Waals surface area contributed by atoms with Crippen LogP contribution in [0.2, 0.25) is 0 Å². The van der Waals surface area contributed by atoms with Gasteiger partial charge in [-0.25, -0.2) is 0 Å². The SMILES string of the molecule is COCCNC(=O)CC1CCC(N)CC1. The first-order valence-corrected chi connectivity index (χ1v) is 5.73. The molecule has 1 saturated carbocycles. The highest BCUT2D eigenvalue weighted by atomic mass is 16.5. The number of carbonyl (C=O) groups is 1. The lowest BCUT2D eigenvalue weighted by Crippen LogP contribution is -2.32. The summed E-state index contributed by atoms with van der Waals surface area (Å²) in [5.41, 5.74) is 5.81. The predicted octanol–water partition coefficient (Wildman–Crippen LogP) is 0.657. The Morgan fingerprint density at radius 3 is 2.67 bits per heavy atom. The number of rotatable bonds is 5. The fourth-order valence-corrected chi connectivity index (χ4v) is 2.02. The zero-order valence-electron chi connectivity index (χ0n) is 9.50. The zero-order chi connectivity index (χ0) is 11.1. The van der Waals surface area contributed by atoms with Gasteiger partial charge in [0.1, 0.15) is 0 Å². The number of ether oxygens (including phenoxy) is 1. The van der Waals surface area contributed by atoms with E-state index in [9.17, 15) is 4.79 Å². The lowest BCUT2D eigenvalue weighted by atomic mass is 9.84. The summed E-state index contributed by atoms with van der Waals surface area (Å²) in [4.78, 5) is 11.5. The highest BCUT2D eigenvalue weighted by molar-refractivity contribution is 5.76. The van der Waals surface area contributed by atoms with Crippen LogP contribution in [0.25, 0.3) is 0 Å². The van der Waals surface area contributed by atoms with Crippen molar-refractivity contribution < 1.29 is 9.53 Å². The Balaban J connectivity index is 2.09. The third-order valence-electron chi connectivity index (χ3n) is 2.99. The minimum absolute atomic E-state index is 0.146. The number of carbonyl (C=O) groups excluding carboxylic acids is 1. The summed E-state index contributed by atoms with van der Waals surface area (Å²) < 4.78 is 4.87. The summed E-state index contributed by atoms with van der Waals surface area (Å²) in [6, 6.07) is 0.359. The highest BCUT2D eigenvalue weighted by Crippen LogP contribution is 2.25. The predicted molar refractivity (Wildman–Crippen MR) is 59.4 cm³/mol. The molecule has 0 atom stereocenters. The molecule has 88 valence electrons. The molecular weight excluding hydrogens is 192 g/mol. The van der Waals surface area contributed by atoms with Crippen LogP contribution in [0.1, 0.15) is 32.1 Å². The Hall–Kier alpha value is -0.610. The Bertz CT molecular complexity index is 189. The summed E-state index contributed by atoms with van der Waals surface area (Å²) in [7, 11) is 1.63. The van der Waals surface area contributed by atoms with Crippen molar-refractivity contribution in [2.75, 3.05) is 20.3 Å². The maximum absolute atomic E-state index is 11.5. The van der Waals surface area contributed by atoms with Crippen LogP contribution in [0.5, 0.6) is 0 Å². The van der Waals surface area contributed by atoms with Crippen LogP contribution in [0, 0.1) is 5.92 Å². The molecule has 0 heterocycles. The van der Waals surface area contributed by atoms with E-state index in [1.807, 2.05) is 0 Å². The van der Waals surface area contributed by atoms with Gasteiger partial charge in [0.2, 0.25) is 5.91 Å². The maximum atomic E-state index is 11.5. The van der Waals surface area contributed by atoms with E-state index in [0.717, 1.165) is 25.7 Å². The third kappa shape index (κ3) is 5.14. The minimum Gasteiger partial charge on any atom is -0.383 e. The van der Waals surface area contributed by atoms with Gasteiger partial charge in [0.25, 0.3) is 0 Å². The first-order chi connectivity index (χ1) is 7.22. The third-order valence-corrected chi connectivity index (χ3v) is 2.99. The van der Waals surface area contributed by atoms with E-state index in [-0.39, 0.29) is 5.91 Å². The van der Waals surface area contributed by atoms with Crippen LogP contribution in [0.4, 0.5) is 0 Å². The molecule has 1 amide bonds. The van der Waals surface area contributed by atoms with Crippen LogP contribution < -0.4 is 11.1 Å². The molecule has 4 nitrogen and oxygen atoms in total. The Kier molecular flexibility index (Phi) is 5.65. The van der Waals surface area contributed by atoms with Gasteiger partial charge in [-0.2, -0.15) is 0 Å². The van der Waals surface area contributed by atoms with Crippen molar-refractivity contribution in [3.8, 4) is 0 Å². The Labute approximate surface area is 91.5 Å². The van der Waals surface area contributed by atoms with Gasteiger partial charge in [-0.05, 0) is 31.6 Å². The van der Waals surface area contributed by atoms with Gasteiger partial charge >= 0.3 is 0 Å². The number of nitrogens with two attached hydrogens (primary N) is 1. The number of methoxy groups -OCH3 is 1. The molecule has 0 radical (unpaired) electrons. The van der Waals surface area contributed by atoms with E-state index < -0.39 is 0 Å². The minimum atomic E-state index is 0.146. The quantitative estimate of drug-likeness (QED) is 0.661. The number of amides is 1. The molecule has 0 bridgehead atoms. The average Bonchev–Trinajstić information content (AvgIpc) is 2.22. The van der Waals surface area contributed by atoms with Crippen molar-refractivity contribution in [2.45, 2.75) is 38.1 Å². The summed E-state index contributed by atoms with van der Waals surface area (Å²) >= 11 is 0. The molecule has 0 aromatic rings. The van der Waals surface area contributed by atoms with E-state index in [2.05, 4.69) is 5.32 Å². The van der Waals surface area contributed by atoms with Gasteiger partial charge in [-0.1, -0.05) is 0 Å². The standard InChI is InChI=1S/C11H22N2O2/c1-15-7-6-13-11(14)8-9-2-4-10(12)5-3-9/h9-10H,2-8,12H2,1H3,(H,13,14). The molecule has 1 aliphatic rings. The Morgan fingerprint density at radius 2 is 2.07 bits per heavy atom. The first kappa shape index (κ1) is 12.5. The van der Waals surface area contributed by atoms with Crippen molar-refractivity contribution in [1.82, 2.24) is 5.32 Å². The molecule has 15 heavy (non-hydrogen) atoms. The van der Waals surface area contributed by atoms with Crippen molar-refractivity contribution in [3.05, 3.63) is 0 Å². The molecule has 4 heteroatoms. The van der Waals surface area contributed by atoms with Gasteiger partial charge in [0, 0.05) is 26.1 Å². The van der Waals surface area contributed by atoms with Crippen LogP contribution in [-0.4, -0.2) is 32.2 Å². The van der Waals surface area contributed by atoms with E-state index in [1.54, 1.807) is 7.11 Å². The van der Waals surface area contributed by atoms with Gasteiger partial charge in [-0.3, -0.25) is 4.79 Å². The van der Waals surface area contributed by atoms with Crippen molar-refractivity contribution in [2.24, 2.45) is 11.7 Å². The van der Waals surface area contributed by atoms with Crippen LogP contribution >= 0.6 is 0 Å². The fraction of sp³-hybridized carbons (Fsp3) is 0.909. The van der Waals surface area contributed by atoms with Crippen LogP contribution in [-0.2, 0) is 9.53 Å². The summed E-state index contributed by atoms with van der Waals surface area (Å²) in [6.45, 7) is 1.20. The molecule has 1 aliphatic carbocycles. The van der Waals surface area contributed by atoms with E-state index in [1.165, 1.54) is 0 Å². The summed E-state index contributed by atoms with van der Waals surface area (Å²) in [6.07, 6.45) is 4.97.